The number of hydrogen-bond donors (Lipinski definition) is 0. The number of rotatable bonds is 6. The van der Waals surface area contributed by atoms with Gasteiger partial charge in [-0.05, 0) is 23.3 Å². The Balaban J connectivity index is 1.34. The van der Waals surface area contributed by atoms with Crippen LogP contribution in [0.15, 0.2) is 134 Å². The van der Waals surface area contributed by atoms with Crippen LogP contribution < -0.4 is 0 Å². The van der Waals surface area contributed by atoms with Gasteiger partial charge in [0.05, 0.1) is 5.69 Å². The van der Waals surface area contributed by atoms with E-state index in [0.717, 1.165) is 27.9 Å². The zero-order valence-electron chi connectivity index (χ0n) is 22.0. The van der Waals surface area contributed by atoms with Gasteiger partial charge in [0.1, 0.15) is 0 Å². The molecule has 6 rings (SSSR count). The molecule has 2 aromatic heterocycles. The number of benzene rings is 4. The molecule has 0 aliphatic carbocycles. The average molecular weight is 505 g/mol. The number of hydrogen-bond acceptors (Lipinski definition) is 4. The Morgan fingerprint density at radius 2 is 0.821 bits per heavy atom. The maximum absolute atomic E-state index is 4.86. The van der Waals surface area contributed by atoms with E-state index < -0.39 is 0 Å². The van der Waals surface area contributed by atoms with Gasteiger partial charge in [0.2, 0.25) is 0 Å². The van der Waals surface area contributed by atoms with Gasteiger partial charge in [-0.25, -0.2) is 15.0 Å². The van der Waals surface area contributed by atoms with Crippen molar-refractivity contribution in [1.82, 2.24) is 19.9 Å². The monoisotopic (exact) mass is 504 g/mol. The molecular formula is C35H28N4. The molecule has 39 heavy (non-hydrogen) atoms. The van der Waals surface area contributed by atoms with E-state index in [0.29, 0.717) is 17.5 Å². The van der Waals surface area contributed by atoms with Crippen molar-refractivity contribution >= 4 is 0 Å². The standard InChI is InChI=1S/C35H28N4/c1-35(2,29-20-16-25(17-21-29)31-15-9-10-24-36-31)30-22-18-28(19-23-30)34-38-32(26-11-5-3-6-12-26)37-33(39-34)27-13-7-4-8-14-27/h3-24H,1-2H3. The highest BCUT2D eigenvalue weighted by atomic mass is 15.0. The van der Waals surface area contributed by atoms with Gasteiger partial charge in [-0.3, -0.25) is 4.98 Å². The molecule has 0 bridgehead atoms. The van der Waals surface area contributed by atoms with Crippen LogP contribution in [0.1, 0.15) is 25.0 Å². The van der Waals surface area contributed by atoms with Crippen LogP contribution in [0.2, 0.25) is 0 Å². The van der Waals surface area contributed by atoms with E-state index in [9.17, 15) is 0 Å². The molecule has 0 spiro atoms. The average Bonchev–Trinajstić information content (AvgIpc) is 3.02. The van der Waals surface area contributed by atoms with Gasteiger partial charge in [-0.1, -0.05) is 129 Å². The first-order valence-corrected chi connectivity index (χ1v) is 13.1. The molecular weight excluding hydrogens is 476 g/mol. The summed E-state index contributed by atoms with van der Waals surface area (Å²) in [4.78, 5) is 19.0. The summed E-state index contributed by atoms with van der Waals surface area (Å²) in [5.74, 6) is 1.99. The highest BCUT2D eigenvalue weighted by Crippen LogP contribution is 2.34. The minimum Gasteiger partial charge on any atom is -0.256 e. The molecule has 0 radical (unpaired) electrons. The van der Waals surface area contributed by atoms with Gasteiger partial charge >= 0.3 is 0 Å². The summed E-state index contributed by atoms with van der Waals surface area (Å²) >= 11 is 0. The maximum atomic E-state index is 4.86. The van der Waals surface area contributed by atoms with Crippen LogP contribution in [-0.2, 0) is 5.41 Å². The Bertz CT molecular complexity index is 1620. The van der Waals surface area contributed by atoms with Crippen LogP contribution in [0.3, 0.4) is 0 Å². The third-order valence-corrected chi connectivity index (χ3v) is 7.13. The molecule has 6 aromatic rings. The fourth-order valence-corrected chi connectivity index (χ4v) is 4.73. The van der Waals surface area contributed by atoms with Gasteiger partial charge < -0.3 is 0 Å². The molecule has 2 heterocycles. The van der Waals surface area contributed by atoms with Gasteiger partial charge in [-0.15, -0.1) is 0 Å². The van der Waals surface area contributed by atoms with Gasteiger partial charge in [-0.2, -0.15) is 0 Å². The molecule has 0 amide bonds. The highest BCUT2D eigenvalue weighted by Gasteiger charge is 2.23. The smallest absolute Gasteiger partial charge is 0.164 e. The minimum atomic E-state index is -0.176. The number of aromatic nitrogens is 4. The molecule has 0 aliphatic rings. The van der Waals surface area contributed by atoms with Gasteiger partial charge in [0, 0.05) is 33.9 Å². The largest absolute Gasteiger partial charge is 0.256 e. The Labute approximate surface area is 229 Å². The first kappa shape index (κ1) is 24.4. The molecule has 188 valence electrons. The van der Waals surface area contributed by atoms with E-state index in [-0.39, 0.29) is 5.41 Å². The first-order valence-electron chi connectivity index (χ1n) is 13.1. The Morgan fingerprint density at radius 1 is 0.410 bits per heavy atom. The zero-order chi connectivity index (χ0) is 26.7. The second-order valence-electron chi connectivity index (χ2n) is 10.0. The summed E-state index contributed by atoms with van der Waals surface area (Å²) in [6.45, 7) is 4.50. The predicted molar refractivity (Wildman–Crippen MR) is 158 cm³/mol. The van der Waals surface area contributed by atoms with Crippen molar-refractivity contribution in [3.63, 3.8) is 0 Å². The Morgan fingerprint density at radius 3 is 1.26 bits per heavy atom. The van der Waals surface area contributed by atoms with Crippen LogP contribution in [-0.4, -0.2) is 19.9 Å². The summed E-state index contributed by atoms with van der Waals surface area (Å²) in [6.07, 6.45) is 1.83. The lowest BCUT2D eigenvalue weighted by Crippen LogP contribution is -2.18. The third kappa shape index (κ3) is 5.10. The molecule has 0 atom stereocenters. The van der Waals surface area contributed by atoms with Crippen LogP contribution in [0, 0.1) is 0 Å². The molecule has 0 saturated heterocycles. The SMILES string of the molecule is CC(C)(c1ccc(-c2ccccn2)cc1)c1ccc(-c2nc(-c3ccccc3)nc(-c3ccccc3)n2)cc1. The molecule has 0 saturated carbocycles. The van der Waals surface area contributed by atoms with Crippen molar-refractivity contribution in [3.05, 3.63) is 145 Å². The van der Waals surface area contributed by atoms with E-state index in [4.69, 9.17) is 15.0 Å². The quantitative estimate of drug-likeness (QED) is 0.229. The molecule has 0 fully saturated rings. The number of pyridine rings is 1. The summed E-state index contributed by atoms with van der Waals surface area (Å²) in [6, 6.07) is 43.3. The summed E-state index contributed by atoms with van der Waals surface area (Å²) in [5.41, 5.74) is 7.26. The minimum absolute atomic E-state index is 0.176. The summed E-state index contributed by atoms with van der Waals surface area (Å²) in [5, 5.41) is 0. The molecule has 4 nitrogen and oxygen atoms in total. The summed E-state index contributed by atoms with van der Waals surface area (Å²) in [7, 11) is 0. The van der Waals surface area contributed by atoms with E-state index in [1.807, 2.05) is 85.1 Å². The number of nitrogens with zero attached hydrogens (tertiary/aromatic N) is 4. The van der Waals surface area contributed by atoms with Crippen molar-refractivity contribution in [2.24, 2.45) is 0 Å². The topological polar surface area (TPSA) is 51.6 Å². The summed E-state index contributed by atoms with van der Waals surface area (Å²) < 4.78 is 0. The normalized spacial score (nSPS) is 11.3. The fraction of sp³-hybridized carbons (Fsp3) is 0.0857. The van der Waals surface area contributed by atoms with Crippen molar-refractivity contribution in [2.45, 2.75) is 19.3 Å². The van der Waals surface area contributed by atoms with Gasteiger partial charge in [0.15, 0.2) is 17.5 Å². The lowest BCUT2D eigenvalue weighted by molar-refractivity contribution is 0.641. The second-order valence-corrected chi connectivity index (χ2v) is 10.0. The molecule has 4 aromatic carbocycles. The molecule has 0 N–H and O–H groups in total. The van der Waals surface area contributed by atoms with E-state index in [2.05, 4.69) is 67.4 Å². The van der Waals surface area contributed by atoms with E-state index in [1.165, 1.54) is 11.1 Å². The fourth-order valence-electron chi connectivity index (χ4n) is 4.73. The lowest BCUT2D eigenvalue weighted by Gasteiger charge is -2.26. The van der Waals surface area contributed by atoms with Crippen molar-refractivity contribution in [1.29, 1.82) is 0 Å². The molecule has 0 aliphatic heterocycles. The lowest BCUT2D eigenvalue weighted by atomic mass is 9.77. The zero-order valence-corrected chi connectivity index (χ0v) is 22.0. The Hall–Kier alpha value is -4.96. The van der Waals surface area contributed by atoms with Crippen molar-refractivity contribution in [3.8, 4) is 45.4 Å². The second kappa shape index (κ2) is 10.4. The highest BCUT2D eigenvalue weighted by molar-refractivity contribution is 5.67. The van der Waals surface area contributed by atoms with Crippen molar-refractivity contribution in [2.75, 3.05) is 0 Å². The molecule has 0 unspecified atom stereocenters. The third-order valence-electron chi connectivity index (χ3n) is 7.13. The van der Waals surface area contributed by atoms with Crippen LogP contribution in [0.25, 0.3) is 45.4 Å². The van der Waals surface area contributed by atoms with Gasteiger partial charge in [0.25, 0.3) is 0 Å². The van der Waals surface area contributed by atoms with E-state index in [1.54, 1.807) is 0 Å². The van der Waals surface area contributed by atoms with Crippen LogP contribution >= 0.6 is 0 Å². The first-order chi connectivity index (χ1) is 19.1. The maximum Gasteiger partial charge on any atom is 0.164 e. The van der Waals surface area contributed by atoms with E-state index >= 15 is 0 Å². The van der Waals surface area contributed by atoms with Crippen molar-refractivity contribution < 1.29 is 0 Å². The predicted octanol–water partition coefficient (Wildman–Crippen LogP) is 8.26. The molecule has 4 heteroatoms. The van der Waals surface area contributed by atoms with Crippen LogP contribution in [0.4, 0.5) is 0 Å². The Kier molecular flexibility index (Phi) is 6.52. The van der Waals surface area contributed by atoms with Crippen LogP contribution in [0.5, 0.6) is 0 Å².